The molecule has 0 saturated carbocycles. The Morgan fingerprint density at radius 1 is 1.45 bits per heavy atom. The first-order valence-corrected chi connectivity index (χ1v) is 5.53. The number of nitriles is 1. The van der Waals surface area contributed by atoms with E-state index in [0.717, 1.165) is 6.07 Å². The number of nitro benzene ring substituents is 1. The Bertz CT molecular complexity index is 769. The second-order valence-corrected chi connectivity index (χ2v) is 3.95. The number of aliphatic hydroxyl groups is 1. The maximum absolute atomic E-state index is 11.8. The Labute approximate surface area is 124 Å². The Kier molecular flexibility index (Phi) is 4.57. The second-order valence-electron chi connectivity index (χ2n) is 3.95. The Hall–Kier alpha value is -3.72. The molecular formula is C13H9N3O6. The summed E-state index contributed by atoms with van der Waals surface area (Å²) in [5, 5.41) is 48.4. The van der Waals surface area contributed by atoms with Gasteiger partial charge in [0.2, 0.25) is 5.75 Å². The van der Waals surface area contributed by atoms with Crippen molar-refractivity contribution < 1.29 is 25.0 Å². The van der Waals surface area contributed by atoms with E-state index < -0.39 is 44.9 Å². The summed E-state index contributed by atoms with van der Waals surface area (Å²) in [4.78, 5) is 22.2. The molecule has 0 heterocycles. The molecule has 3 N–H and O–H groups in total. The number of phenolic OH excluding ortho intramolecular Hbond substituents is 2. The summed E-state index contributed by atoms with van der Waals surface area (Å²) < 4.78 is 0. The predicted molar refractivity (Wildman–Crippen MR) is 73.2 cm³/mol. The molecule has 0 aliphatic carbocycles. The fourth-order valence-electron chi connectivity index (χ4n) is 1.45. The first-order chi connectivity index (χ1) is 10.2. The van der Waals surface area contributed by atoms with Crippen LogP contribution in [0.2, 0.25) is 0 Å². The van der Waals surface area contributed by atoms with Crippen molar-refractivity contribution in [2.24, 2.45) is 0 Å². The predicted octanol–water partition coefficient (Wildman–Crippen LogP) is 0.848. The molecule has 1 rings (SSSR count). The number of nitro groups is 1. The lowest BCUT2D eigenvalue weighted by atomic mass is 10.1. The highest BCUT2D eigenvalue weighted by molar-refractivity contribution is 6.04. The van der Waals surface area contributed by atoms with Gasteiger partial charge >= 0.3 is 5.69 Å². The summed E-state index contributed by atoms with van der Waals surface area (Å²) >= 11 is 0. The van der Waals surface area contributed by atoms with E-state index in [-0.39, 0.29) is 0 Å². The van der Waals surface area contributed by atoms with Crippen molar-refractivity contribution in [3.05, 3.63) is 33.4 Å². The van der Waals surface area contributed by atoms with E-state index in [1.165, 1.54) is 13.1 Å². The summed E-state index contributed by atoms with van der Waals surface area (Å²) in [6, 6.07) is 4.81. The number of aromatic hydroxyl groups is 2. The average molecular weight is 303 g/mol. The minimum Gasteiger partial charge on any atom is -0.506 e. The first kappa shape index (κ1) is 16.3. The smallest absolute Gasteiger partial charge is 0.315 e. The van der Waals surface area contributed by atoms with Gasteiger partial charge in [0.15, 0.2) is 11.3 Å². The van der Waals surface area contributed by atoms with Crippen LogP contribution in [0.5, 0.6) is 11.5 Å². The lowest BCUT2D eigenvalue weighted by Crippen LogP contribution is -2.23. The molecule has 9 heteroatoms. The van der Waals surface area contributed by atoms with Gasteiger partial charge in [-0.1, -0.05) is 6.42 Å². The molecule has 22 heavy (non-hydrogen) atoms. The van der Waals surface area contributed by atoms with Crippen LogP contribution < -0.4 is 0 Å². The molecule has 0 atom stereocenters. The molecule has 0 radical (unpaired) electrons. The van der Waals surface area contributed by atoms with Crippen molar-refractivity contribution in [2.75, 3.05) is 7.05 Å². The van der Waals surface area contributed by atoms with E-state index in [1.54, 1.807) is 0 Å². The first-order valence-electron chi connectivity index (χ1n) is 5.53. The van der Waals surface area contributed by atoms with Crippen molar-refractivity contribution >= 4 is 17.4 Å². The molecule has 0 bridgehead atoms. The van der Waals surface area contributed by atoms with Crippen LogP contribution in [0.3, 0.4) is 0 Å². The monoisotopic (exact) mass is 303 g/mol. The minimum atomic E-state index is -1.02. The van der Waals surface area contributed by atoms with E-state index in [4.69, 9.17) is 11.7 Å². The number of carbonyl (C=O) groups excluding carboxylic acids is 1. The molecule has 0 spiro atoms. The lowest BCUT2D eigenvalue weighted by Gasteiger charge is -2.10. The SMILES string of the molecule is C#CN(C)C(=O)/C(C#N)=C(\O)c1cc(O)c(O)c([N+](=O)[O-])c1. The molecule has 0 fully saturated rings. The lowest BCUT2D eigenvalue weighted by molar-refractivity contribution is -0.386. The van der Waals surface area contributed by atoms with Crippen LogP contribution in [-0.2, 0) is 4.79 Å². The number of phenols is 2. The van der Waals surface area contributed by atoms with Crippen LogP contribution >= 0.6 is 0 Å². The fourth-order valence-corrected chi connectivity index (χ4v) is 1.45. The minimum absolute atomic E-state index is 0.405. The van der Waals surface area contributed by atoms with Gasteiger partial charge in [-0.2, -0.15) is 5.26 Å². The third kappa shape index (κ3) is 2.89. The van der Waals surface area contributed by atoms with Crippen LogP contribution in [0, 0.1) is 33.9 Å². The number of carbonyl (C=O) groups is 1. The number of likely N-dealkylation sites (N-methyl/N-ethyl adjacent to an activating group) is 1. The molecule has 0 aliphatic rings. The molecule has 1 aromatic rings. The summed E-state index contributed by atoms with van der Waals surface area (Å²) in [6.45, 7) is 0. The normalized spacial score (nSPS) is 10.9. The Morgan fingerprint density at radius 2 is 2.05 bits per heavy atom. The molecule has 1 amide bonds. The van der Waals surface area contributed by atoms with Gasteiger partial charge in [-0.25, -0.2) is 0 Å². The Morgan fingerprint density at radius 3 is 2.50 bits per heavy atom. The average Bonchev–Trinajstić information content (AvgIpc) is 2.48. The molecule has 0 aromatic heterocycles. The van der Waals surface area contributed by atoms with E-state index in [1.807, 2.05) is 6.04 Å². The standard InChI is InChI=1S/C13H9N3O6/c1-3-15(2)13(20)8(6-14)11(18)7-4-9(16(21)22)12(19)10(17)5-7/h1,4-5,17-19H,2H3/b11-8-. The maximum atomic E-state index is 11.8. The number of hydrogen-bond donors (Lipinski definition) is 3. The molecular weight excluding hydrogens is 294 g/mol. The quantitative estimate of drug-likeness (QED) is 0.109. The van der Waals surface area contributed by atoms with E-state index in [9.17, 15) is 30.2 Å². The highest BCUT2D eigenvalue weighted by Gasteiger charge is 2.24. The van der Waals surface area contributed by atoms with Crippen molar-refractivity contribution in [3.8, 4) is 30.0 Å². The third-order valence-electron chi connectivity index (χ3n) is 2.60. The maximum Gasteiger partial charge on any atom is 0.315 e. The highest BCUT2D eigenvalue weighted by atomic mass is 16.6. The molecule has 0 aliphatic heterocycles. The van der Waals surface area contributed by atoms with Crippen molar-refractivity contribution in [3.63, 3.8) is 0 Å². The van der Waals surface area contributed by atoms with Crippen LogP contribution in [0.1, 0.15) is 5.56 Å². The van der Waals surface area contributed by atoms with Gasteiger partial charge in [0.05, 0.1) is 4.92 Å². The van der Waals surface area contributed by atoms with Gasteiger partial charge in [0.25, 0.3) is 5.91 Å². The van der Waals surface area contributed by atoms with Gasteiger partial charge in [-0.15, -0.1) is 0 Å². The van der Waals surface area contributed by atoms with Crippen molar-refractivity contribution in [2.45, 2.75) is 0 Å². The Balaban J connectivity index is 3.57. The third-order valence-corrected chi connectivity index (χ3v) is 2.60. The van der Waals surface area contributed by atoms with Gasteiger partial charge in [0, 0.05) is 24.7 Å². The van der Waals surface area contributed by atoms with Crippen LogP contribution in [0.15, 0.2) is 17.7 Å². The summed E-state index contributed by atoms with van der Waals surface area (Å²) in [6.07, 6.45) is 4.99. The van der Waals surface area contributed by atoms with E-state index in [2.05, 4.69) is 0 Å². The summed E-state index contributed by atoms with van der Waals surface area (Å²) in [5.74, 6) is -3.84. The molecule has 9 nitrogen and oxygen atoms in total. The van der Waals surface area contributed by atoms with Crippen molar-refractivity contribution in [1.29, 1.82) is 5.26 Å². The molecule has 1 aromatic carbocycles. The van der Waals surface area contributed by atoms with Crippen LogP contribution in [0.4, 0.5) is 5.69 Å². The zero-order chi connectivity index (χ0) is 17.0. The molecule has 0 unspecified atom stereocenters. The van der Waals surface area contributed by atoms with E-state index >= 15 is 0 Å². The molecule has 112 valence electrons. The second kappa shape index (κ2) is 6.15. The van der Waals surface area contributed by atoms with E-state index in [0.29, 0.717) is 11.0 Å². The summed E-state index contributed by atoms with van der Waals surface area (Å²) in [7, 11) is 1.17. The van der Waals surface area contributed by atoms with Crippen LogP contribution in [0.25, 0.3) is 5.76 Å². The largest absolute Gasteiger partial charge is 0.506 e. The zero-order valence-electron chi connectivity index (χ0n) is 11.1. The topological polar surface area (TPSA) is 148 Å². The van der Waals surface area contributed by atoms with Gasteiger partial charge < -0.3 is 15.3 Å². The number of hydrogen-bond acceptors (Lipinski definition) is 7. The fraction of sp³-hybridized carbons (Fsp3) is 0.0769. The highest BCUT2D eigenvalue weighted by Crippen LogP contribution is 2.38. The molecule has 0 saturated heterocycles. The number of rotatable bonds is 3. The van der Waals surface area contributed by atoms with Crippen LogP contribution in [-0.4, -0.2) is 38.1 Å². The number of terminal acetylenes is 1. The van der Waals surface area contributed by atoms with Gasteiger partial charge in [-0.3, -0.25) is 19.8 Å². The zero-order valence-corrected chi connectivity index (χ0v) is 11.1. The summed E-state index contributed by atoms with van der Waals surface area (Å²) in [5.41, 5.74) is -2.09. The number of amides is 1. The number of aliphatic hydroxyl groups excluding tert-OH is 1. The number of benzene rings is 1. The van der Waals surface area contributed by atoms with Gasteiger partial charge in [-0.05, 0) is 6.07 Å². The van der Waals surface area contributed by atoms with Crippen molar-refractivity contribution in [1.82, 2.24) is 4.90 Å². The number of nitrogens with zero attached hydrogens (tertiary/aromatic N) is 3. The van der Waals surface area contributed by atoms with Gasteiger partial charge in [0.1, 0.15) is 11.8 Å².